The first-order valence-corrected chi connectivity index (χ1v) is 12.2. The summed E-state index contributed by atoms with van der Waals surface area (Å²) < 4.78 is 44.6. The van der Waals surface area contributed by atoms with E-state index in [1.807, 2.05) is 12.1 Å². The van der Waals surface area contributed by atoms with Crippen LogP contribution in [-0.4, -0.2) is 47.4 Å². The third-order valence-electron chi connectivity index (χ3n) is 6.39. The maximum absolute atomic E-state index is 13.2. The van der Waals surface area contributed by atoms with Crippen LogP contribution in [0.25, 0.3) is 0 Å². The number of carbonyl (C=O) groups is 3. The number of anilines is 1. The van der Waals surface area contributed by atoms with Crippen molar-refractivity contribution in [3.8, 4) is 0 Å². The number of esters is 1. The Bertz CT molecular complexity index is 1320. The second-order valence-electron chi connectivity index (χ2n) is 8.84. The van der Waals surface area contributed by atoms with E-state index in [1.54, 1.807) is 30.0 Å². The number of halogens is 3. The number of likely N-dealkylation sites (tertiary alicyclic amines) is 1. The largest absolute Gasteiger partial charge is 0.461 e. The Morgan fingerprint density at radius 2 is 1.71 bits per heavy atom. The van der Waals surface area contributed by atoms with Crippen molar-refractivity contribution < 1.29 is 32.3 Å². The predicted octanol–water partition coefficient (Wildman–Crippen LogP) is 5.55. The number of carbonyl (C=O) groups excluding carboxylic acids is 3. The van der Waals surface area contributed by atoms with Crippen molar-refractivity contribution in [3.63, 3.8) is 0 Å². The van der Waals surface area contributed by atoms with E-state index < -0.39 is 29.2 Å². The van der Waals surface area contributed by atoms with Crippen LogP contribution in [0.4, 0.5) is 18.9 Å². The fourth-order valence-electron chi connectivity index (χ4n) is 4.44. The maximum atomic E-state index is 13.2. The van der Waals surface area contributed by atoms with Gasteiger partial charge in [-0.2, -0.15) is 13.2 Å². The zero-order chi connectivity index (χ0) is 27.3. The number of alkyl halides is 3. The highest BCUT2D eigenvalue weighted by Gasteiger charge is 2.35. The number of rotatable bonds is 6. The Morgan fingerprint density at radius 3 is 2.37 bits per heavy atom. The number of piperidine rings is 1. The van der Waals surface area contributed by atoms with Crippen LogP contribution >= 0.6 is 0 Å². The van der Waals surface area contributed by atoms with Crippen molar-refractivity contribution >= 4 is 23.5 Å². The molecule has 0 unspecified atom stereocenters. The van der Waals surface area contributed by atoms with E-state index in [4.69, 9.17) is 4.74 Å². The zero-order valence-electron chi connectivity index (χ0n) is 20.6. The Labute approximate surface area is 217 Å². The summed E-state index contributed by atoms with van der Waals surface area (Å²) in [6, 6.07) is 14.6. The fraction of sp³-hybridized carbons (Fsp3) is 0.286. The van der Waals surface area contributed by atoms with E-state index in [1.165, 1.54) is 24.4 Å². The van der Waals surface area contributed by atoms with Crippen LogP contribution < -0.4 is 5.32 Å². The minimum Gasteiger partial charge on any atom is -0.461 e. The minimum atomic E-state index is -4.63. The molecule has 1 fully saturated rings. The van der Waals surface area contributed by atoms with E-state index in [0.717, 1.165) is 17.7 Å². The molecule has 0 spiro atoms. The number of amides is 2. The lowest BCUT2D eigenvalue weighted by molar-refractivity contribution is -0.137. The molecule has 1 N–H and O–H groups in total. The second-order valence-corrected chi connectivity index (χ2v) is 8.84. The lowest BCUT2D eigenvalue weighted by atomic mass is 9.89. The monoisotopic (exact) mass is 525 g/mol. The summed E-state index contributed by atoms with van der Waals surface area (Å²) >= 11 is 0. The summed E-state index contributed by atoms with van der Waals surface area (Å²) in [4.78, 5) is 43.1. The molecule has 3 aromatic rings. The van der Waals surface area contributed by atoms with Crippen LogP contribution in [0.5, 0.6) is 0 Å². The first-order chi connectivity index (χ1) is 18.2. The predicted molar refractivity (Wildman–Crippen MR) is 134 cm³/mol. The van der Waals surface area contributed by atoms with Gasteiger partial charge in [-0.05, 0) is 67.6 Å². The molecule has 10 heteroatoms. The molecule has 38 heavy (non-hydrogen) atoms. The normalized spacial score (nSPS) is 14.2. The number of ether oxygens (including phenoxy) is 1. The first kappa shape index (κ1) is 26.8. The summed E-state index contributed by atoms with van der Waals surface area (Å²) in [5, 5.41) is 2.53. The van der Waals surface area contributed by atoms with E-state index in [0.29, 0.717) is 37.2 Å². The molecule has 198 valence electrons. The van der Waals surface area contributed by atoms with Crippen molar-refractivity contribution in [1.82, 2.24) is 9.88 Å². The van der Waals surface area contributed by atoms with Gasteiger partial charge in [0.25, 0.3) is 11.8 Å². The van der Waals surface area contributed by atoms with Gasteiger partial charge in [0, 0.05) is 30.5 Å². The number of aromatic nitrogens is 1. The number of nitrogens with one attached hydrogen (secondary N) is 1. The highest BCUT2D eigenvalue weighted by atomic mass is 19.4. The highest BCUT2D eigenvalue weighted by Crippen LogP contribution is 2.33. The summed E-state index contributed by atoms with van der Waals surface area (Å²) in [7, 11) is 0. The van der Waals surface area contributed by atoms with Crippen molar-refractivity contribution in [2.24, 2.45) is 0 Å². The topological polar surface area (TPSA) is 88.6 Å². The molecule has 7 nitrogen and oxygen atoms in total. The molecule has 2 amide bonds. The van der Waals surface area contributed by atoms with Gasteiger partial charge >= 0.3 is 12.1 Å². The first-order valence-electron chi connectivity index (χ1n) is 12.2. The van der Waals surface area contributed by atoms with Crippen molar-refractivity contribution in [1.29, 1.82) is 0 Å². The molecule has 1 saturated heterocycles. The lowest BCUT2D eigenvalue weighted by Gasteiger charge is -2.32. The van der Waals surface area contributed by atoms with Crippen molar-refractivity contribution in [2.45, 2.75) is 31.9 Å². The molecule has 2 aromatic carbocycles. The smallest absolute Gasteiger partial charge is 0.417 e. The van der Waals surface area contributed by atoms with Crippen molar-refractivity contribution in [2.75, 3.05) is 25.0 Å². The average Bonchev–Trinajstić information content (AvgIpc) is 2.93. The fourth-order valence-corrected chi connectivity index (χ4v) is 4.44. The van der Waals surface area contributed by atoms with Crippen LogP contribution in [0.1, 0.15) is 68.0 Å². The second kappa shape index (κ2) is 11.5. The Balaban J connectivity index is 1.35. The van der Waals surface area contributed by atoms with Crippen LogP contribution in [-0.2, 0) is 10.9 Å². The van der Waals surface area contributed by atoms with E-state index in [9.17, 15) is 27.6 Å². The molecular weight excluding hydrogens is 499 g/mol. The molecule has 2 heterocycles. The van der Waals surface area contributed by atoms with Gasteiger partial charge in [0.1, 0.15) is 5.69 Å². The lowest BCUT2D eigenvalue weighted by Crippen LogP contribution is -2.38. The quantitative estimate of drug-likeness (QED) is 0.427. The van der Waals surface area contributed by atoms with Crippen LogP contribution in [0, 0.1) is 0 Å². The number of hydrogen-bond acceptors (Lipinski definition) is 5. The molecule has 1 aliphatic heterocycles. The average molecular weight is 526 g/mol. The summed E-state index contributed by atoms with van der Waals surface area (Å²) in [6.07, 6.45) is -1.79. The molecule has 0 radical (unpaired) electrons. The number of benzene rings is 2. The van der Waals surface area contributed by atoms with Gasteiger partial charge in [0.05, 0.1) is 17.7 Å². The van der Waals surface area contributed by atoms with Gasteiger partial charge in [-0.25, -0.2) is 9.78 Å². The van der Waals surface area contributed by atoms with Gasteiger partial charge in [-0.3, -0.25) is 9.59 Å². The van der Waals surface area contributed by atoms with Gasteiger partial charge < -0.3 is 15.0 Å². The summed E-state index contributed by atoms with van der Waals surface area (Å²) in [5.74, 6) is -1.42. The molecule has 1 aromatic heterocycles. The standard InChI is InChI=1S/C28H26F3N3O4/c1-2-38-27(37)24-17-20(11-14-32-24)26(36)34-15-12-19(13-16-34)18-7-9-21(10-8-18)33-25(35)22-5-3-4-6-23(22)28(29,30)31/h3-11,14,17,19H,2,12-13,15-16H2,1H3,(H,33,35). The van der Waals surface area contributed by atoms with E-state index in [-0.39, 0.29) is 24.1 Å². The molecule has 4 rings (SSSR count). The SMILES string of the molecule is CCOC(=O)c1cc(C(=O)N2CCC(c3ccc(NC(=O)c4ccccc4C(F)(F)F)cc3)CC2)ccn1. The van der Waals surface area contributed by atoms with Gasteiger partial charge in [0.2, 0.25) is 0 Å². The zero-order valence-corrected chi connectivity index (χ0v) is 20.6. The third-order valence-corrected chi connectivity index (χ3v) is 6.39. The molecule has 0 bridgehead atoms. The van der Waals surface area contributed by atoms with Crippen LogP contribution in [0.3, 0.4) is 0 Å². The van der Waals surface area contributed by atoms with Gasteiger partial charge in [-0.1, -0.05) is 24.3 Å². The molecule has 0 saturated carbocycles. The Kier molecular flexibility index (Phi) is 8.09. The Morgan fingerprint density at radius 1 is 1.03 bits per heavy atom. The maximum Gasteiger partial charge on any atom is 0.417 e. The third kappa shape index (κ3) is 6.19. The summed E-state index contributed by atoms with van der Waals surface area (Å²) in [5.41, 5.74) is 0.428. The van der Waals surface area contributed by atoms with E-state index >= 15 is 0 Å². The highest BCUT2D eigenvalue weighted by molar-refractivity contribution is 6.05. The van der Waals surface area contributed by atoms with Crippen molar-refractivity contribution in [3.05, 3.63) is 94.8 Å². The number of nitrogens with zero attached hydrogens (tertiary/aromatic N) is 2. The summed E-state index contributed by atoms with van der Waals surface area (Å²) in [6.45, 7) is 2.95. The minimum absolute atomic E-state index is 0.0849. The number of hydrogen-bond donors (Lipinski definition) is 1. The molecule has 0 aliphatic carbocycles. The van der Waals surface area contributed by atoms with Gasteiger partial charge in [0.15, 0.2) is 0 Å². The van der Waals surface area contributed by atoms with Gasteiger partial charge in [-0.15, -0.1) is 0 Å². The molecule has 1 aliphatic rings. The molecular formula is C28H26F3N3O4. The van der Waals surface area contributed by atoms with Crippen LogP contribution in [0.15, 0.2) is 66.9 Å². The van der Waals surface area contributed by atoms with Crippen LogP contribution in [0.2, 0.25) is 0 Å². The molecule has 0 atom stereocenters. The Hall–Kier alpha value is -4.21. The number of pyridine rings is 1. The van der Waals surface area contributed by atoms with E-state index in [2.05, 4.69) is 10.3 Å².